The Hall–Kier alpha value is -3.42. The lowest BCUT2D eigenvalue weighted by atomic mass is 10.2. The van der Waals surface area contributed by atoms with Crippen molar-refractivity contribution in [2.45, 2.75) is 13.8 Å². The van der Waals surface area contributed by atoms with Crippen LogP contribution >= 0.6 is 0 Å². The van der Waals surface area contributed by atoms with Gasteiger partial charge in [0.25, 0.3) is 5.91 Å². The van der Waals surface area contributed by atoms with Crippen LogP contribution in [0.1, 0.15) is 21.9 Å². The quantitative estimate of drug-likeness (QED) is 0.723. The van der Waals surface area contributed by atoms with Gasteiger partial charge >= 0.3 is 0 Å². The van der Waals surface area contributed by atoms with Gasteiger partial charge in [0.05, 0.1) is 23.6 Å². The second kappa shape index (κ2) is 7.45. The van der Waals surface area contributed by atoms with Gasteiger partial charge in [-0.1, -0.05) is 0 Å². The maximum Gasteiger partial charge on any atom is 0.287 e. The number of anilines is 1. The van der Waals surface area contributed by atoms with Gasteiger partial charge in [-0.2, -0.15) is 5.10 Å². The van der Waals surface area contributed by atoms with Crippen molar-refractivity contribution in [3.63, 3.8) is 0 Å². The van der Waals surface area contributed by atoms with E-state index in [0.29, 0.717) is 22.7 Å². The molecule has 27 heavy (non-hydrogen) atoms. The number of nitrogens with zero attached hydrogens (tertiary/aromatic N) is 2. The van der Waals surface area contributed by atoms with E-state index in [0.717, 1.165) is 5.69 Å². The Morgan fingerprint density at radius 3 is 2.48 bits per heavy atom. The average molecular weight is 370 g/mol. The van der Waals surface area contributed by atoms with E-state index in [2.05, 4.69) is 15.7 Å². The summed E-state index contributed by atoms with van der Waals surface area (Å²) in [6.07, 6.45) is 0. The number of carbonyl (C=O) groups is 2. The van der Waals surface area contributed by atoms with Crippen LogP contribution in [0.25, 0.3) is 11.3 Å². The molecule has 3 rings (SSSR count). The molecule has 140 valence electrons. The van der Waals surface area contributed by atoms with Gasteiger partial charge in [-0.15, -0.1) is 0 Å². The highest BCUT2D eigenvalue weighted by Gasteiger charge is 2.16. The van der Waals surface area contributed by atoms with Gasteiger partial charge < -0.3 is 15.1 Å². The zero-order valence-corrected chi connectivity index (χ0v) is 15.2. The summed E-state index contributed by atoms with van der Waals surface area (Å²) in [6, 6.07) is 8.85. The highest BCUT2D eigenvalue weighted by atomic mass is 19.1. The van der Waals surface area contributed by atoms with Gasteiger partial charge in [0.15, 0.2) is 5.76 Å². The number of furan rings is 1. The molecule has 2 amide bonds. The van der Waals surface area contributed by atoms with Gasteiger partial charge in [-0.3, -0.25) is 14.3 Å². The lowest BCUT2D eigenvalue weighted by Gasteiger charge is -2.06. The predicted octanol–water partition coefficient (Wildman–Crippen LogP) is 2.80. The Morgan fingerprint density at radius 2 is 1.85 bits per heavy atom. The van der Waals surface area contributed by atoms with Gasteiger partial charge in [-0.05, 0) is 50.2 Å². The molecule has 2 aromatic heterocycles. The highest BCUT2D eigenvalue weighted by Crippen LogP contribution is 2.22. The minimum Gasteiger partial charge on any atom is -0.451 e. The second-order valence-electron chi connectivity index (χ2n) is 6.07. The molecule has 0 spiro atoms. The minimum atomic E-state index is -0.516. The van der Waals surface area contributed by atoms with E-state index in [4.69, 9.17) is 4.42 Å². The molecule has 1 aromatic carbocycles. The Kier molecular flexibility index (Phi) is 5.07. The first-order valence-corrected chi connectivity index (χ1v) is 8.29. The molecule has 0 atom stereocenters. The number of hydrogen-bond acceptors (Lipinski definition) is 4. The smallest absolute Gasteiger partial charge is 0.287 e. The van der Waals surface area contributed by atoms with Crippen LogP contribution in [0.15, 0.2) is 40.8 Å². The standard InChI is InChI=1S/C19H19FN4O3/c1-11-18(12(2)24(3)23-11)22-17(25)10-21-19(26)16-9-8-15(27-16)13-4-6-14(20)7-5-13/h4-9H,10H2,1-3H3,(H,21,26)(H,22,25). The van der Waals surface area contributed by atoms with Crippen LogP contribution < -0.4 is 10.6 Å². The molecule has 7 nitrogen and oxygen atoms in total. The van der Waals surface area contributed by atoms with Crippen molar-refractivity contribution >= 4 is 17.5 Å². The van der Waals surface area contributed by atoms with Gasteiger partial charge in [0.2, 0.25) is 5.91 Å². The van der Waals surface area contributed by atoms with Crippen molar-refractivity contribution in [1.82, 2.24) is 15.1 Å². The van der Waals surface area contributed by atoms with Gasteiger partial charge in [-0.25, -0.2) is 4.39 Å². The molecule has 0 saturated heterocycles. The molecular weight excluding hydrogens is 351 g/mol. The Bertz CT molecular complexity index is 989. The maximum absolute atomic E-state index is 13.0. The van der Waals surface area contributed by atoms with Crippen molar-refractivity contribution in [3.8, 4) is 11.3 Å². The number of halogens is 1. The third kappa shape index (κ3) is 4.05. The fourth-order valence-electron chi connectivity index (χ4n) is 2.62. The first kappa shape index (κ1) is 18.4. The molecule has 2 heterocycles. The van der Waals surface area contributed by atoms with Gasteiger partial charge in [0.1, 0.15) is 11.6 Å². The molecule has 8 heteroatoms. The van der Waals surface area contributed by atoms with E-state index in [-0.39, 0.29) is 24.0 Å². The highest BCUT2D eigenvalue weighted by molar-refractivity contribution is 5.98. The van der Waals surface area contributed by atoms with Crippen LogP contribution in [0.3, 0.4) is 0 Å². The fourth-order valence-corrected chi connectivity index (χ4v) is 2.62. The number of hydrogen-bond donors (Lipinski definition) is 2. The lowest BCUT2D eigenvalue weighted by molar-refractivity contribution is -0.115. The predicted molar refractivity (Wildman–Crippen MR) is 97.7 cm³/mol. The van der Waals surface area contributed by atoms with Crippen LogP contribution in [-0.2, 0) is 11.8 Å². The summed E-state index contributed by atoms with van der Waals surface area (Å²) in [5, 5.41) is 9.47. The van der Waals surface area contributed by atoms with E-state index in [1.807, 2.05) is 6.92 Å². The Labute approximate surface area is 155 Å². The SMILES string of the molecule is Cc1nn(C)c(C)c1NC(=O)CNC(=O)c1ccc(-c2ccc(F)cc2)o1. The summed E-state index contributed by atoms with van der Waals surface area (Å²) in [6.45, 7) is 3.42. The first-order valence-electron chi connectivity index (χ1n) is 8.29. The van der Waals surface area contributed by atoms with E-state index in [1.54, 1.807) is 36.9 Å². The number of benzene rings is 1. The number of amides is 2. The number of aromatic nitrogens is 2. The molecule has 0 saturated carbocycles. The zero-order chi connectivity index (χ0) is 19.6. The van der Waals surface area contributed by atoms with Crippen LogP contribution in [0, 0.1) is 19.7 Å². The van der Waals surface area contributed by atoms with E-state index >= 15 is 0 Å². The number of rotatable bonds is 5. The molecule has 0 fully saturated rings. The number of carbonyl (C=O) groups excluding carboxylic acids is 2. The molecule has 0 aliphatic heterocycles. The maximum atomic E-state index is 13.0. The molecule has 0 radical (unpaired) electrons. The van der Waals surface area contributed by atoms with Crippen molar-refractivity contribution in [1.29, 1.82) is 0 Å². The third-order valence-electron chi connectivity index (χ3n) is 4.14. The van der Waals surface area contributed by atoms with Crippen molar-refractivity contribution in [3.05, 3.63) is 59.4 Å². The molecule has 0 bridgehead atoms. The monoisotopic (exact) mass is 370 g/mol. The molecule has 2 N–H and O–H groups in total. The van der Waals surface area contributed by atoms with Crippen LogP contribution in [-0.4, -0.2) is 28.1 Å². The number of nitrogens with one attached hydrogen (secondary N) is 2. The third-order valence-corrected chi connectivity index (χ3v) is 4.14. The van der Waals surface area contributed by atoms with Crippen molar-refractivity contribution in [2.24, 2.45) is 7.05 Å². The Balaban J connectivity index is 1.59. The van der Waals surface area contributed by atoms with Crippen LogP contribution in [0.5, 0.6) is 0 Å². The largest absolute Gasteiger partial charge is 0.451 e. The zero-order valence-electron chi connectivity index (χ0n) is 15.2. The summed E-state index contributed by atoms with van der Waals surface area (Å²) in [5.74, 6) is -0.735. The van der Waals surface area contributed by atoms with E-state index < -0.39 is 5.91 Å². The van der Waals surface area contributed by atoms with Crippen LogP contribution in [0.4, 0.5) is 10.1 Å². The Morgan fingerprint density at radius 1 is 1.15 bits per heavy atom. The summed E-state index contributed by atoms with van der Waals surface area (Å²) >= 11 is 0. The molecule has 0 aliphatic rings. The topological polar surface area (TPSA) is 89.2 Å². The van der Waals surface area contributed by atoms with Crippen LogP contribution in [0.2, 0.25) is 0 Å². The molecule has 0 unspecified atom stereocenters. The summed E-state index contributed by atoms with van der Waals surface area (Å²) < 4.78 is 20.1. The normalized spacial score (nSPS) is 10.7. The lowest BCUT2D eigenvalue weighted by Crippen LogP contribution is -2.32. The van der Waals surface area contributed by atoms with E-state index in [9.17, 15) is 14.0 Å². The van der Waals surface area contributed by atoms with Crippen molar-refractivity contribution < 1.29 is 18.4 Å². The number of aryl methyl sites for hydroxylation is 2. The van der Waals surface area contributed by atoms with Crippen molar-refractivity contribution in [2.75, 3.05) is 11.9 Å². The average Bonchev–Trinajstić information content (AvgIpc) is 3.22. The minimum absolute atomic E-state index is 0.0656. The van der Waals surface area contributed by atoms with Gasteiger partial charge in [0, 0.05) is 12.6 Å². The molecular formula is C19H19FN4O3. The summed E-state index contributed by atoms with van der Waals surface area (Å²) in [5.41, 5.74) is 2.80. The first-order chi connectivity index (χ1) is 12.8. The summed E-state index contributed by atoms with van der Waals surface area (Å²) in [7, 11) is 1.79. The summed E-state index contributed by atoms with van der Waals surface area (Å²) in [4.78, 5) is 24.3. The molecule has 0 aliphatic carbocycles. The van der Waals surface area contributed by atoms with E-state index in [1.165, 1.54) is 18.2 Å². The second-order valence-corrected chi connectivity index (χ2v) is 6.07. The molecule has 3 aromatic rings. The fraction of sp³-hybridized carbons (Fsp3) is 0.211.